The van der Waals surface area contributed by atoms with E-state index in [9.17, 15) is 8.78 Å². The standard InChI is InChI=1S/C15H21F2NO/c1-2-5-18-15(11-3-6-19-7-4-11)12-8-13(16)10-14(17)9-12/h8-11,15,18H,2-7H2,1H3. The van der Waals surface area contributed by atoms with Crippen LogP contribution in [0.1, 0.15) is 37.8 Å². The average molecular weight is 269 g/mol. The summed E-state index contributed by atoms with van der Waals surface area (Å²) in [5.41, 5.74) is 0.706. The Labute approximate surface area is 113 Å². The van der Waals surface area contributed by atoms with Crippen molar-refractivity contribution in [3.63, 3.8) is 0 Å². The first-order valence-electron chi connectivity index (χ1n) is 6.98. The molecule has 1 atom stereocenters. The van der Waals surface area contributed by atoms with E-state index in [0.717, 1.165) is 45.1 Å². The maximum Gasteiger partial charge on any atom is 0.126 e. The van der Waals surface area contributed by atoms with Crippen molar-refractivity contribution in [2.75, 3.05) is 19.8 Å². The molecule has 0 radical (unpaired) electrons. The summed E-state index contributed by atoms with van der Waals surface area (Å²) >= 11 is 0. The lowest BCUT2D eigenvalue weighted by molar-refractivity contribution is 0.0535. The zero-order chi connectivity index (χ0) is 13.7. The molecule has 4 heteroatoms. The summed E-state index contributed by atoms with van der Waals surface area (Å²) in [4.78, 5) is 0. The molecule has 0 amide bonds. The molecule has 1 aromatic carbocycles. The maximum absolute atomic E-state index is 13.4. The van der Waals surface area contributed by atoms with Gasteiger partial charge in [0.05, 0.1) is 0 Å². The van der Waals surface area contributed by atoms with Crippen LogP contribution in [0.5, 0.6) is 0 Å². The van der Waals surface area contributed by atoms with Gasteiger partial charge in [0.25, 0.3) is 0 Å². The van der Waals surface area contributed by atoms with Gasteiger partial charge in [-0.05, 0) is 49.4 Å². The van der Waals surface area contributed by atoms with Crippen molar-refractivity contribution in [1.82, 2.24) is 5.32 Å². The molecule has 1 fully saturated rings. The van der Waals surface area contributed by atoms with Gasteiger partial charge in [-0.3, -0.25) is 0 Å². The molecule has 106 valence electrons. The van der Waals surface area contributed by atoms with Crippen LogP contribution in [0, 0.1) is 17.6 Å². The molecule has 2 nitrogen and oxygen atoms in total. The number of benzene rings is 1. The fourth-order valence-electron chi connectivity index (χ4n) is 2.66. The zero-order valence-corrected chi connectivity index (χ0v) is 11.3. The van der Waals surface area contributed by atoms with Gasteiger partial charge < -0.3 is 10.1 Å². The smallest absolute Gasteiger partial charge is 0.126 e. The minimum atomic E-state index is -0.509. The highest BCUT2D eigenvalue weighted by atomic mass is 19.1. The second-order valence-electron chi connectivity index (χ2n) is 5.08. The van der Waals surface area contributed by atoms with Gasteiger partial charge in [-0.25, -0.2) is 8.78 Å². The molecule has 1 unspecified atom stereocenters. The van der Waals surface area contributed by atoms with E-state index in [1.165, 1.54) is 12.1 Å². The normalized spacial score (nSPS) is 18.5. The Bertz CT molecular complexity index is 385. The molecule has 0 aliphatic carbocycles. The van der Waals surface area contributed by atoms with Crippen LogP contribution in [0.3, 0.4) is 0 Å². The Balaban J connectivity index is 2.19. The van der Waals surface area contributed by atoms with Crippen LogP contribution in [0.15, 0.2) is 18.2 Å². The fourth-order valence-corrected chi connectivity index (χ4v) is 2.66. The lowest BCUT2D eigenvalue weighted by Gasteiger charge is -2.31. The third kappa shape index (κ3) is 3.98. The molecule has 1 saturated heterocycles. The monoisotopic (exact) mass is 269 g/mol. The van der Waals surface area contributed by atoms with Crippen LogP contribution in [-0.2, 0) is 4.74 Å². The van der Waals surface area contributed by atoms with Crippen molar-refractivity contribution in [3.8, 4) is 0 Å². The third-order valence-corrected chi connectivity index (χ3v) is 3.60. The summed E-state index contributed by atoms with van der Waals surface area (Å²) in [7, 11) is 0. The van der Waals surface area contributed by atoms with Crippen molar-refractivity contribution in [2.45, 2.75) is 32.2 Å². The Hall–Kier alpha value is -1.00. The van der Waals surface area contributed by atoms with E-state index in [1.54, 1.807) is 0 Å². The molecule has 0 saturated carbocycles. The average Bonchev–Trinajstić information content (AvgIpc) is 2.39. The van der Waals surface area contributed by atoms with Crippen LogP contribution >= 0.6 is 0 Å². The Morgan fingerprint density at radius 2 is 1.84 bits per heavy atom. The van der Waals surface area contributed by atoms with Crippen molar-refractivity contribution >= 4 is 0 Å². The van der Waals surface area contributed by atoms with Gasteiger partial charge in [0, 0.05) is 25.3 Å². The molecule has 0 aromatic heterocycles. The van der Waals surface area contributed by atoms with E-state index >= 15 is 0 Å². The SMILES string of the molecule is CCCNC(c1cc(F)cc(F)c1)C1CCOCC1. The first-order valence-corrected chi connectivity index (χ1v) is 6.98. The fraction of sp³-hybridized carbons (Fsp3) is 0.600. The second-order valence-corrected chi connectivity index (χ2v) is 5.08. The quantitative estimate of drug-likeness (QED) is 0.884. The molecule has 19 heavy (non-hydrogen) atoms. The van der Waals surface area contributed by atoms with Gasteiger partial charge in [0.15, 0.2) is 0 Å². The Morgan fingerprint density at radius 3 is 2.42 bits per heavy atom. The lowest BCUT2D eigenvalue weighted by Crippen LogP contribution is -2.32. The molecule has 1 N–H and O–H groups in total. The van der Waals surface area contributed by atoms with Crippen LogP contribution < -0.4 is 5.32 Å². The molecule has 1 heterocycles. The van der Waals surface area contributed by atoms with Crippen LogP contribution in [0.25, 0.3) is 0 Å². The number of rotatable bonds is 5. The predicted molar refractivity (Wildman–Crippen MR) is 70.9 cm³/mol. The highest BCUT2D eigenvalue weighted by molar-refractivity contribution is 5.22. The molecular formula is C15H21F2NO. The van der Waals surface area contributed by atoms with E-state index in [-0.39, 0.29) is 6.04 Å². The summed E-state index contributed by atoms with van der Waals surface area (Å²) in [5, 5.41) is 3.42. The molecule has 1 aromatic rings. The van der Waals surface area contributed by atoms with Crippen molar-refractivity contribution < 1.29 is 13.5 Å². The lowest BCUT2D eigenvalue weighted by atomic mass is 9.87. The van der Waals surface area contributed by atoms with Crippen LogP contribution in [0.4, 0.5) is 8.78 Å². The zero-order valence-electron chi connectivity index (χ0n) is 11.3. The maximum atomic E-state index is 13.4. The molecule has 2 rings (SSSR count). The summed E-state index contributed by atoms with van der Waals surface area (Å²) < 4.78 is 32.1. The van der Waals surface area contributed by atoms with Gasteiger partial charge in [-0.1, -0.05) is 6.92 Å². The number of halogens is 2. The van der Waals surface area contributed by atoms with E-state index in [0.29, 0.717) is 11.5 Å². The van der Waals surface area contributed by atoms with Crippen LogP contribution in [-0.4, -0.2) is 19.8 Å². The van der Waals surface area contributed by atoms with Crippen molar-refractivity contribution in [3.05, 3.63) is 35.4 Å². The second kappa shape index (κ2) is 6.96. The van der Waals surface area contributed by atoms with Crippen molar-refractivity contribution in [1.29, 1.82) is 0 Å². The molecular weight excluding hydrogens is 248 g/mol. The first-order chi connectivity index (χ1) is 9.20. The molecule has 1 aliphatic rings. The summed E-state index contributed by atoms with van der Waals surface area (Å²) in [5.74, 6) is -0.641. The first kappa shape index (κ1) is 14.4. The van der Waals surface area contributed by atoms with E-state index in [4.69, 9.17) is 4.74 Å². The largest absolute Gasteiger partial charge is 0.381 e. The predicted octanol–water partition coefficient (Wildman–Crippen LogP) is 3.43. The van der Waals surface area contributed by atoms with Gasteiger partial charge in [-0.15, -0.1) is 0 Å². The Kier molecular flexibility index (Phi) is 5.28. The van der Waals surface area contributed by atoms with Gasteiger partial charge >= 0.3 is 0 Å². The number of hydrogen-bond acceptors (Lipinski definition) is 2. The summed E-state index contributed by atoms with van der Waals surface area (Å²) in [6.07, 6.45) is 2.86. The molecule has 0 bridgehead atoms. The third-order valence-electron chi connectivity index (χ3n) is 3.60. The highest BCUT2D eigenvalue weighted by Gasteiger charge is 2.25. The van der Waals surface area contributed by atoms with Gasteiger partial charge in [0.2, 0.25) is 0 Å². The summed E-state index contributed by atoms with van der Waals surface area (Å²) in [6, 6.07) is 3.80. The number of ether oxygens (including phenoxy) is 1. The van der Waals surface area contributed by atoms with E-state index in [1.807, 2.05) is 0 Å². The molecule has 0 spiro atoms. The topological polar surface area (TPSA) is 21.3 Å². The van der Waals surface area contributed by atoms with E-state index < -0.39 is 11.6 Å². The minimum absolute atomic E-state index is 0.00838. The van der Waals surface area contributed by atoms with Crippen molar-refractivity contribution in [2.24, 2.45) is 5.92 Å². The van der Waals surface area contributed by atoms with Gasteiger partial charge in [0.1, 0.15) is 11.6 Å². The number of nitrogens with one attached hydrogen (secondary N) is 1. The van der Waals surface area contributed by atoms with Crippen LogP contribution in [0.2, 0.25) is 0 Å². The number of hydrogen-bond donors (Lipinski definition) is 1. The minimum Gasteiger partial charge on any atom is -0.381 e. The molecule has 1 aliphatic heterocycles. The van der Waals surface area contributed by atoms with Gasteiger partial charge in [-0.2, -0.15) is 0 Å². The Morgan fingerprint density at radius 1 is 1.21 bits per heavy atom. The highest BCUT2D eigenvalue weighted by Crippen LogP contribution is 2.30. The summed E-state index contributed by atoms with van der Waals surface area (Å²) in [6.45, 7) is 4.39. The van der Waals surface area contributed by atoms with E-state index in [2.05, 4.69) is 12.2 Å².